The third-order valence-electron chi connectivity index (χ3n) is 3.41. The molecule has 0 bridgehead atoms. The summed E-state index contributed by atoms with van der Waals surface area (Å²) in [5.74, 6) is -0.896. The normalized spacial score (nSPS) is 16.2. The molecule has 0 spiro atoms. The SMILES string of the molecule is CCN(CCC(=O)O)C(=O)N1CCC(OCCO)CC1. The third kappa shape index (κ3) is 5.34. The van der Waals surface area contributed by atoms with Gasteiger partial charge in [0.05, 0.1) is 25.7 Å². The number of hydrogen-bond donors (Lipinski definition) is 2. The lowest BCUT2D eigenvalue weighted by Crippen LogP contribution is -2.48. The summed E-state index contributed by atoms with van der Waals surface area (Å²) in [5, 5.41) is 17.4. The fourth-order valence-corrected chi connectivity index (χ4v) is 2.25. The van der Waals surface area contributed by atoms with Crippen LogP contribution in [0.4, 0.5) is 4.79 Å². The van der Waals surface area contributed by atoms with Gasteiger partial charge < -0.3 is 24.7 Å². The molecule has 0 aromatic carbocycles. The molecule has 0 unspecified atom stereocenters. The summed E-state index contributed by atoms with van der Waals surface area (Å²) in [6.45, 7) is 4.16. The second-order valence-corrected chi connectivity index (χ2v) is 4.79. The van der Waals surface area contributed by atoms with Crippen molar-refractivity contribution < 1.29 is 24.5 Å². The van der Waals surface area contributed by atoms with Gasteiger partial charge in [-0.05, 0) is 19.8 Å². The average molecular weight is 288 g/mol. The van der Waals surface area contributed by atoms with Crippen LogP contribution in [0.5, 0.6) is 0 Å². The summed E-state index contributed by atoms with van der Waals surface area (Å²) in [7, 11) is 0. The lowest BCUT2D eigenvalue weighted by Gasteiger charge is -2.35. The van der Waals surface area contributed by atoms with Gasteiger partial charge in [-0.1, -0.05) is 0 Å². The van der Waals surface area contributed by atoms with E-state index in [1.807, 2.05) is 6.92 Å². The van der Waals surface area contributed by atoms with E-state index in [9.17, 15) is 9.59 Å². The number of aliphatic hydroxyl groups is 1. The van der Waals surface area contributed by atoms with Crippen molar-refractivity contribution in [1.82, 2.24) is 9.80 Å². The summed E-state index contributed by atoms with van der Waals surface area (Å²) in [4.78, 5) is 26.1. The molecular formula is C13H24N2O5. The molecule has 7 nitrogen and oxygen atoms in total. The van der Waals surface area contributed by atoms with Crippen LogP contribution in [-0.4, -0.2) is 77.5 Å². The number of carbonyl (C=O) groups is 2. The molecule has 0 aromatic rings. The van der Waals surface area contributed by atoms with Gasteiger partial charge in [0.25, 0.3) is 0 Å². The lowest BCUT2D eigenvalue weighted by atomic mass is 10.1. The van der Waals surface area contributed by atoms with Crippen molar-refractivity contribution in [2.45, 2.75) is 32.3 Å². The minimum atomic E-state index is -0.896. The Hall–Kier alpha value is -1.34. The predicted octanol–water partition coefficient (Wildman–Crippen LogP) is 0.376. The standard InChI is InChI=1S/C13H24N2O5/c1-2-14(8-5-12(17)18)13(19)15-6-3-11(4-7-15)20-10-9-16/h11,16H,2-10H2,1H3,(H,17,18). The first-order chi connectivity index (χ1) is 9.58. The molecule has 2 amide bonds. The fraction of sp³-hybridized carbons (Fsp3) is 0.846. The van der Waals surface area contributed by atoms with Crippen molar-refractivity contribution in [3.63, 3.8) is 0 Å². The zero-order valence-electron chi connectivity index (χ0n) is 12.0. The number of aliphatic carboxylic acids is 1. The molecule has 2 N–H and O–H groups in total. The van der Waals surface area contributed by atoms with Gasteiger partial charge in [0, 0.05) is 26.2 Å². The summed E-state index contributed by atoms with van der Waals surface area (Å²) >= 11 is 0. The van der Waals surface area contributed by atoms with E-state index in [0.29, 0.717) is 26.2 Å². The number of carboxylic acids is 1. The number of amides is 2. The van der Waals surface area contributed by atoms with Crippen LogP contribution in [0.2, 0.25) is 0 Å². The summed E-state index contributed by atoms with van der Waals surface area (Å²) in [6, 6.07) is -0.102. The van der Waals surface area contributed by atoms with Crippen molar-refractivity contribution in [3.8, 4) is 0 Å². The van der Waals surface area contributed by atoms with Crippen molar-refractivity contribution in [1.29, 1.82) is 0 Å². The van der Waals surface area contributed by atoms with E-state index in [2.05, 4.69) is 0 Å². The van der Waals surface area contributed by atoms with Crippen molar-refractivity contribution in [2.75, 3.05) is 39.4 Å². The van der Waals surface area contributed by atoms with Crippen LogP contribution in [0.25, 0.3) is 0 Å². The zero-order valence-corrected chi connectivity index (χ0v) is 12.0. The number of hydrogen-bond acceptors (Lipinski definition) is 4. The number of aliphatic hydroxyl groups excluding tert-OH is 1. The molecule has 0 aliphatic carbocycles. The highest BCUT2D eigenvalue weighted by atomic mass is 16.5. The first kappa shape index (κ1) is 16.7. The Balaban J connectivity index is 2.38. The minimum absolute atomic E-state index is 0.0119. The molecule has 7 heteroatoms. The molecular weight excluding hydrogens is 264 g/mol. The van der Waals surface area contributed by atoms with Crippen LogP contribution in [0, 0.1) is 0 Å². The lowest BCUT2D eigenvalue weighted by molar-refractivity contribution is -0.137. The number of likely N-dealkylation sites (tertiary alicyclic amines) is 1. The van der Waals surface area contributed by atoms with Crippen molar-refractivity contribution in [3.05, 3.63) is 0 Å². The number of carbonyl (C=O) groups excluding carboxylic acids is 1. The topological polar surface area (TPSA) is 90.3 Å². The first-order valence-corrected chi connectivity index (χ1v) is 7.06. The zero-order chi connectivity index (χ0) is 15.0. The number of urea groups is 1. The van der Waals surface area contributed by atoms with Crippen LogP contribution in [0.15, 0.2) is 0 Å². The molecule has 1 fully saturated rings. The van der Waals surface area contributed by atoms with E-state index in [1.165, 1.54) is 0 Å². The molecule has 20 heavy (non-hydrogen) atoms. The smallest absolute Gasteiger partial charge is 0.320 e. The van der Waals surface area contributed by atoms with Gasteiger partial charge >= 0.3 is 12.0 Å². The monoisotopic (exact) mass is 288 g/mol. The highest BCUT2D eigenvalue weighted by Crippen LogP contribution is 2.15. The summed E-state index contributed by atoms with van der Waals surface area (Å²) in [6.07, 6.45) is 1.57. The maximum absolute atomic E-state index is 12.2. The summed E-state index contributed by atoms with van der Waals surface area (Å²) in [5.41, 5.74) is 0. The van der Waals surface area contributed by atoms with E-state index in [0.717, 1.165) is 12.8 Å². The van der Waals surface area contributed by atoms with E-state index in [-0.39, 0.29) is 31.7 Å². The number of rotatable bonds is 7. The van der Waals surface area contributed by atoms with Crippen LogP contribution in [0.3, 0.4) is 0 Å². The molecule has 0 aromatic heterocycles. The Morgan fingerprint density at radius 2 is 2.00 bits per heavy atom. The molecule has 1 aliphatic heterocycles. The third-order valence-corrected chi connectivity index (χ3v) is 3.41. The highest BCUT2D eigenvalue weighted by Gasteiger charge is 2.26. The molecule has 1 rings (SSSR count). The van der Waals surface area contributed by atoms with Crippen molar-refractivity contribution in [2.24, 2.45) is 0 Å². The quantitative estimate of drug-likeness (QED) is 0.706. The van der Waals surface area contributed by atoms with Gasteiger partial charge in [-0.2, -0.15) is 0 Å². The number of ether oxygens (including phenoxy) is 1. The molecule has 0 saturated carbocycles. The van der Waals surface area contributed by atoms with Gasteiger partial charge in [-0.25, -0.2) is 4.79 Å². The minimum Gasteiger partial charge on any atom is -0.481 e. The predicted molar refractivity (Wildman–Crippen MR) is 72.5 cm³/mol. The second-order valence-electron chi connectivity index (χ2n) is 4.79. The maximum atomic E-state index is 12.2. The van der Waals surface area contributed by atoms with E-state index >= 15 is 0 Å². The molecule has 0 atom stereocenters. The van der Waals surface area contributed by atoms with Gasteiger partial charge in [0.1, 0.15) is 0 Å². The Kier molecular flexibility index (Phi) is 7.32. The summed E-state index contributed by atoms with van der Waals surface area (Å²) < 4.78 is 5.45. The van der Waals surface area contributed by atoms with E-state index < -0.39 is 5.97 Å². The van der Waals surface area contributed by atoms with Crippen LogP contribution >= 0.6 is 0 Å². The van der Waals surface area contributed by atoms with E-state index in [1.54, 1.807) is 9.80 Å². The van der Waals surface area contributed by atoms with Gasteiger partial charge in [-0.15, -0.1) is 0 Å². The fourth-order valence-electron chi connectivity index (χ4n) is 2.25. The van der Waals surface area contributed by atoms with Gasteiger partial charge in [0.15, 0.2) is 0 Å². The molecule has 1 heterocycles. The van der Waals surface area contributed by atoms with E-state index in [4.69, 9.17) is 14.9 Å². The Morgan fingerprint density at radius 1 is 1.35 bits per heavy atom. The van der Waals surface area contributed by atoms with Crippen molar-refractivity contribution >= 4 is 12.0 Å². The van der Waals surface area contributed by atoms with Crippen LogP contribution in [0.1, 0.15) is 26.2 Å². The van der Waals surface area contributed by atoms with Crippen LogP contribution in [-0.2, 0) is 9.53 Å². The largest absolute Gasteiger partial charge is 0.481 e. The highest BCUT2D eigenvalue weighted by molar-refractivity contribution is 5.75. The Morgan fingerprint density at radius 3 is 2.50 bits per heavy atom. The molecule has 1 saturated heterocycles. The molecule has 116 valence electrons. The number of piperidine rings is 1. The van der Waals surface area contributed by atoms with Crippen LogP contribution < -0.4 is 0 Å². The Bertz CT molecular complexity index is 316. The molecule has 1 aliphatic rings. The first-order valence-electron chi connectivity index (χ1n) is 7.06. The average Bonchev–Trinajstić information content (AvgIpc) is 2.45. The number of nitrogens with zero attached hydrogens (tertiary/aromatic N) is 2. The number of carboxylic acid groups (broad SMARTS) is 1. The maximum Gasteiger partial charge on any atom is 0.320 e. The Labute approximate surface area is 119 Å². The van der Waals surface area contributed by atoms with Gasteiger partial charge in [-0.3, -0.25) is 4.79 Å². The second kappa shape index (κ2) is 8.76. The van der Waals surface area contributed by atoms with Gasteiger partial charge in [0.2, 0.25) is 0 Å². The molecule has 0 radical (unpaired) electrons.